The molecule has 0 saturated heterocycles. The number of nitrogen functional groups attached to an aromatic ring is 1. The fourth-order valence-electron chi connectivity index (χ4n) is 1.18. The number of anilines is 2. The largest absolute Gasteiger partial charge is 0.478 e. The summed E-state index contributed by atoms with van der Waals surface area (Å²) in [7, 11) is 0. The van der Waals surface area contributed by atoms with E-state index in [0.717, 1.165) is 5.75 Å². The molecule has 0 radical (unpaired) electrons. The van der Waals surface area contributed by atoms with Crippen LogP contribution in [-0.4, -0.2) is 28.5 Å². The predicted octanol–water partition coefficient (Wildman–Crippen LogP) is 2.68. The summed E-state index contributed by atoms with van der Waals surface area (Å²) in [6.45, 7) is 5.96. The van der Waals surface area contributed by atoms with Crippen molar-refractivity contribution in [3.8, 4) is 0 Å². The van der Waals surface area contributed by atoms with E-state index >= 15 is 0 Å². The van der Waals surface area contributed by atoms with Crippen molar-refractivity contribution in [3.05, 3.63) is 23.8 Å². The van der Waals surface area contributed by atoms with Crippen LogP contribution in [0.4, 0.5) is 11.4 Å². The Morgan fingerprint density at radius 2 is 2.00 bits per heavy atom. The maximum Gasteiger partial charge on any atom is 0.335 e. The van der Waals surface area contributed by atoms with E-state index in [0.29, 0.717) is 17.1 Å². The standard InChI is InChI=1S/C11H14N2O3S.C2H6/c1-2-17-6-10(14)13-9-5-7(11(15)16)3-4-8(9)12;1-2/h3-5H,2,6,12H2,1H3,(H,13,14)(H,15,16);1-2H3. The average molecular weight is 284 g/mol. The fourth-order valence-corrected chi connectivity index (χ4v) is 1.64. The number of nitrogens with two attached hydrogens (primary N) is 1. The van der Waals surface area contributed by atoms with E-state index in [9.17, 15) is 9.59 Å². The Morgan fingerprint density at radius 3 is 2.53 bits per heavy atom. The van der Waals surface area contributed by atoms with Crippen molar-refractivity contribution in [2.24, 2.45) is 0 Å². The number of amides is 1. The number of carbonyl (C=O) groups is 2. The number of carboxylic acids is 1. The quantitative estimate of drug-likeness (QED) is 0.723. The zero-order valence-corrected chi connectivity index (χ0v) is 12.2. The number of aromatic carboxylic acids is 1. The van der Waals surface area contributed by atoms with Gasteiger partial charge in [0.05, 0.1) is 22.7 Å². The third-order valence-electron chi connectivity index (χ3n) is 2.01. The molecule has 0 bridgehead atoms. The van der Waals surface area contributed by atoms with Gasteiger partial charge in [-0.05, 0) is 24.0 Å². The maximum absolute atomic E-state index is 11.5. The normalized spacial score (nSPS) is 9.21. The van der Waals surface area contributed by atoms with Gasteiger partial charge in [-0.3, -0.25) is 4.79 Å². The van der Waals surface area contributed by atoms with Crippen LogP contribution in [0.25, 0.3) is 0 Å². The Labute approximate surface area is 117 Å². The molecule has 0 spiro atoms. The second-order valence-electron chi connectivity index (χ2n) is 3.29. The topological polar surface area (TPSA) is 92.4 Å². The van der Waals surface area contributed by atoms with Crippen LogP contribution >= 0.6 is 11.8 Å². The molecule has 106 valence electrons. The van der Waals surface area contributed by atoms with Crippen LogP contribution in [0.3, 0.4) is 0 Å². The van der Waals surface area contributed by atoms with Crippen molar-refractivity contribution in [1.29, 1.82) is 0 Å². The highest BCUT2D eigenvalue weighted by Gasteiger charge is 2.09. The molecule has 4 N–H and O–H groups in total. The third-order valence-corrected chi connectivity index (χ3v) is 2.89. The Hall–Kier alpha value is -1.69. The van der Waals surface area contributed by atoms with E-state index < -0.39 is 5.97 Å². The van der Waals surface area contributed by atoms with Crippen molar-refractivity contribution in [3.63, 3.8) is 0 Å². The number of hydrogen-bond donors (Lipinski definition) is 3. The maximum atomic E-state index is 11.5. The van der Waals surface area contributed by atoms with E-state index in [-0.39, 0.29) is 11.5 Å². The smallest absolute Gasteiger partial charge is 0.335 e. The second-order valence-corrected chi connectivity index (χ2v) is 4.57. The summed E-state index contributed by atoms with van der Waals surface area (Å²) in [5.74, 6) is -0.0693. The molecule has 1 aromatic rings. The average Bonchev–Trinajstić information content (AvgIpc) is 2.41. The van der Waals surface area contributed by atoms with Gasteiger partial charge in [0, 0.05) is 0 Å². The lowest BCUT2D eigenvalue weighted by Crippen LogP contribution is -2.16. The zero-order valence-electron chi connectivity index (χ0n) is 11.4. The molecule has 1 rings (SSSR count). The molecule has 19 heavy (non-hydrogen) atoms. The van der Waals surface area contributed by atoms with Gasteiger partial charge in [0.1, 0.15) is 0 Å². The van der Waals surface area contributed by atoms with E-state index in [1.807, 2.05) is 20.8 Å². The molecule has 0 aromatic heterocycles. The first kappa shape index (κ1) is 17.3. The molecule has 0 atom stereocenters. The highest BCUT2D eigenvalue weighted by atomic mass is 32.2. The van der Waals surface area contributed by atoms with Crippen LogP contribution in [0.1, 0.15) is 31.1 Å². The molecule has 6 heteroatoms. The van der Waals surface area contributed by atoms with Crippen molar-refractivity contribution >= 4 is 35.0 Å². The number of thioether (sulfide) groups is 1. The predicted molar refractivity (Wildman–Crippen MR) is 80.8 cm³/mol. The summed E-state index contributed by atoms with van der Waals surface area (Å²) in [4.78, 5) is 22.2. The lowest BCUT2D eigenvalue weighted by Gasteiger charge is -2.08. The van der Waals surface area contributed by atoms with Crippen molar-refractivity contribution in [2.45, 2.75) is 20.8 Å². The first-order valence-electron chi connectivity index (χ1n) is 6.05. The number of carbonyl (C=O) groups excluding carboxylic acids is 1. The number of rotatable bonds is 5. The Bertz CT molecular complexity index is 436. The van der Waals surface area contributed by atoms with Crippen LogP contribution < -0.4 is 11.1 Å². The molecular weight excluding hydrogens is 264 g/mol. The van der Waals surface area contributed by atoms with Gasteiger partial charge >= 0.3 is 5.97 Å². The van der Waals surface area contributed by atoms with Crippen molar-refractivity contribution < 1.29 is 14.7 Å². The molecule has 0 saturated carbocycles. The lowest BCUT2D eigenvalue weighted by atomic mass is 10.1. The molecule has 0 aliphatic carbocycles. The van der Waals surface area contributed by atoms with Crippen molar-refractivity contribution in [1.82, 2.24) is 0 Å². The first-order chi connectivity index (χ1) is 9.04. The van der Waals surface area contributed by atoms with Gasteiger partial charge in [0.15, 0.2) is 0 Å². The summed E-state index contributed by atoms with van der Waals surface area (Å²) in [5.41, 5.74) is 6.44. The van der Waals surface area contributed by atoms with Gasteiger partial charge in [-0.2, -0.15) is 11.8 Å². The Kier molecular flexibility index (Phi) is 8.44. The molecular formula is C13H20N2O3S. The number of nitrogens with one attached hydrogen (secondary N) is 1. The summed E-state index contributed by atoms with van der Waals surface area (Å²) in [6, 6.07) is 4.21. The van der Waals surface area contributed by atoms with E-state index in [1.54, 1.807) is 0 Å². The molecule has 0 unspecified atom stereocenters. The Morgan fingerprint density at radius 1 is 1.37 bits per heavy atom. The van der Waals surface area contributed by atoms with Gasteiger partial charge in [-0.1, -0.05) is 20.8 Å². The van der Waals surface area contributed by atoms with Gasteiger partial charge in [-0.25, -0.2) is 4.79 Å². The van der Waals surface area contributed by atoms with E-state index in [2.05, 4.69) is 5.32 Å². The fraction of sp³-hybridized carbons (Fsp3) is 0.385. The van der Waals surface area contributed by atoms with Gasteiger partial charge < -0.3 is 16.2 Å². The van der Waals surface area contributed by atoms with Crippen LogP contribution in [0.2, 0.25) is 0 Å². The minimum Gasteiger partial charge on any atom is -0.478 e. The van der Waals surface area contributed by atoms with E-state index in [1.165, 1.54) is 30.0 Å². The van der Waals surface area contributed by atoms with Crippen LogP contribution in [0.15, 0.2) is 18.2 Å². The molecule has 5 nitrogen and oxygen atoms in total. The van der Waals surface area contributed by atoms with Crippen molar-refractivity contribution in [2.75, 3.05) is 22.6 Å². The minimum absolute atomic E-state index is 0.0950. The molecule has 0 aliphatic rings. The molecule has 1 amide bonds. The number of hydrogen-bond acceptors (Lipinski definition) is 4. The van der Waals surface area contributed by atoms with Gasteiger partial charge in [0.2, 0.25) is 5.91 Å². The lowest BCUT2D eigenvalue weighted by molar-refractivity contribution is -0.113. The third kappa shape index (κ3) is 6.15. The molecule has 0 heterocycles. The molecule has 0 aliphatic heterocycles. The molecule has 0 fully saturated rings. The number of carboxylic acid groups (broad SMARTS) is 1. The number of benzene rings is 1. The zero-order chi connectivity index (χ0) is 14.8. The van der Waals surface area contributed by atoms with Crippen LogP contribution in [-0.2, 0) is 4.79 Å². The summed E-state index contributed by atoms with van der Waals surface area (Å²) < 4.78 is 0. The Balaban J connectivity index is 0.00000154. The minimum atomic E-state index is -1.05. The second kappa shape index (κ2) is 9.27. The first-order valence-corrected chi connectivity index (χ1v) is 7.20. The molecule has 1 aromatic carbocycles. The summed E-state index contributed by atoms with van der Waals surface area (Å²) in [5, 5.41) is 11.4. The highest BCUT2D eigenvalue weighted by molar-refractivity contribution is 7.99. The van der Waals surface area contributed by atoms with E-state index in [4.69, 9.17) is 10.8 Å². The van der Waals surface area contributed by atoms with Gasteiger partial charge in [-0.15, -0.1) is 0 Å². The van der Waals surface area contributed by atoms with Crippen LogP contribution in [0, 0.1) is 0 Å². The monoisotopic (exact) mass is 284 g/mol. The summed E-state index contributed by atoms with van der Waals surface area (Å²) in [6.07, 6.45) is 0. The van der Waals surface area contributed by atoms with Gasteiger partial charge in [0.25, 0.3) is 0 Å². The van der Waals surface area contributed by atoms with Crippen LogP contribution in [0.5, 0.6) is 0 Å². The summed E-state index contributed by atoms with van der Waals surface area (Å²) >= 11 is 1.48. The highest BCUT2D eigenvalue weighted by Crippen LogP contribution is 2.20. The SMILES string of the molecule is CC.CCSCC(=O)Nc1cc(C(=O)O)ccc1N.